The van der Waals surface area contributed by atoms with Crippen molar-refractivity contribution < 1.29 is 4.74 Å². The van der Waals surface area contributed by atoms with Gasteiger partial charge in [0.25, 0.3) is 0 Å². The summed E-state index contributed by atoms with van der Waals surface area (Å²) in [7, 11) is 1.60. The summed E-state index contributed by atoms with van der Waals surface area (Å²) in [5.74, 6) is 0.717. The fraction of sp³-hybridized carbons (Fsp3) is 0.0833. The summed E-state index contributed by atoms with van der Waals surface area (Å²) >= 11 is 5.01. The Bertz CT molecular complexity index is 559. The Labute approximate surface area is 110 Å². The van der Waals surface area contributed by atoms with Crippen LogP contribution in [0, 0.1) is 0 Å². The number of nitrogens with zero attached hydrogens (tertiary/aromatic N) is 2. The van der Waals surface area contributed by atoms with E-state index in [0.717, 1.165) is 16.9 Å². The highest BCUT2D eigenvalue weighted by atomic mass is 32.1. The molecule has 0 amide bonds. The molecule has 0 bridgehead atoms. The maximum atomic E-state index is 5.68. The minimum Gasteiger partial charge on any atom is -0.497 e. The van der Waals surface area contributed by atoms with Crippen molar-refractivity contribution in [3.05, 3.63) is 42.5 Å². The van der Waals surface area contributed by atoms with Crippen molar-refractivity contribution in [3.63, 3.8) is 0 Å². The van der Waals surface area contributed by atoms with Gasteiger partial charge in [-0.1, -0.05) is 12.2 Å². The normalized spacial score (nSPS) is 9.83. The van der Waals surface area contributed by atoms with Gasteiger partial charge in [0.1, 0.15) is 17.1 Å². The van der Waals surface area contributed by atoms with Gasteiger partial charge in [-0.05, 0) is 12.1 Å². The molecular weight excluding hydrogens is 248 g/mol. The first-order valence-corrected chi connectivity index (χ1v) is 5.61. The van der Waals surface area contributed by atoms with Gasteiger partial charge in [-0.2, -0.15) is 0 Å². The molecule has 92 valence electrons. The van der Waals surface area contributed by atoms with Crippen molar-refractivity contribution in [1.82, 2.24) is 9.97 Å². The molecule has 3 N–H and O–H groups in total. The highest BCUT2D eigenvalue weighted by molar-refractivity contribution is 7.80. The first-order chi connectivity index (χ1) is 8.70. The van der Waals surface area contributed by atoms with Crippen LogP contribution < -0.4 is 15.8 Å². The van der Waals surface area contributed by atoms with Gasteiger partial charge < -0.3 is 15.8 Å². The molecule has 1 aromatic carbocycles. The van der Waals surface area contributed by atoms with E-state index in [-0.39, 0.29) is 0 Å². The van der Waals surface area contributed by atoms with E-state index >= 15 is 0 Å². The summed E-state index contributed by atoms with van der Waals surface area (Å²) in [4.78, 5) is 8.17. The summed E-state index contributed by atoms with van der Waals surface area (Å²) in [6, 6.07) is 5.44. The molecular formula is C12H12N4OS. The number of hydrogen-bond donors (Lipinski definition) is 2. The van der Waals surface area contributed by atoms with Crippen LogP contribution in [0.1, 0.15) is 5.56 Å². The summed E-state index contributed by atoms with van der Waals surface area (Å²) in [6.07, 6.45) is 4.79. The summed E-state index contributed by atoms with van der Waals surface area (Å²) in [5, 5.41) is 3.16. The lowest BCUT2D eigenvalue weighted by molar-refractivity contribution is 0.415. The Morgan fingerprint density at radius 2 is 2.06 bits per heavy atom. The third-order valence-electron chi connectivity index (χ3n) is 2.33. The zero-order valence-electron chi connectivity index (χ0n) is 9.75. The van der Waals surface area contributed by atoms with E-state index in [4.69, 9.17) is 22.7 Å². The molecule has 0 radical (unpaired) electrons. The molecule has 2 rings (SSSR count). The molecule has 1 heterocycles. The standard InChI is InChI=1S/C12H12N4OS/c1-17-9-2-3-10(12(13)18)11(4-9)16-8-5-14-7-15-6-8/h2-7,16H,1H3,(H2,13,18). The van der Waals surface area contributed by atoms with Gasteiger partial charge in [-0.15, -0.1) is 0 Å². The van der Waals surface area contributed by atoms with Crippen molar-refractivity contribution >= 4 is 28.6 Å². The second-order valence-corrected chi connectivity index (χ2v) is 3.97. The molecule has 0 saturated heterocycles. The van der Waals surface area contributed by atoms with Crippen LogP contribution in [-0.4, -0.2) is 22.1 Å². The first kappa shape index (κ1) is 12.3. The molecule has 0 unspecified atom stereocenters. The molecule has 6 heteroatoms. The first-order valence-electron chi connectivity index (χ1n) is 5.20. The number of methoxy groups -OCH3 is 1. The van der Waals surface area contributed by atoms with Crippen LogP contribution >= 0.6 is 12.2 Å². The second kappa shape index (κ2) is 5.42. The van der Waals surface area contributed by atoms with Crippen molar-refractivity contribution in [2.45, 2.75) is 0 Å². The molecule has 5 nitrogen and oxygen atoms in total. The number of nitrogens with two attached hydrogens (primary N) is 1. The molecule has 2 aromatic rings. The number of rotatable bonds is 4. The van der Waals surface area contributed by atoms with Crippen molar-refractivity contribution in [1.29, 1.82) is 0 Å². The van der Waals surface area contributed by atoms with Crippen LogP contribution in [0.4, 0.5) is 11.4 Å². The zero-order valence-corrected chi connectivity index (χ0v) is 10.6. The fourth-order valence-corrected chi connectivity index (χ4v) is 1.67. The third kappa shape index (κ3) is 2.72. The lowest BCUT2D eigenvalue weighted by atomic mass is 10.1. The smallest absolute Gasteiger partial charge is 0.120 e. The Morgan fingerprint density at radius 1 is 1.33 bits per heavy atom. The van der Waals surface area contributed by atoms with Gasteiger partial charge in [0.05, 0.1) is 30.9 Å². The Balaban J connectivity index is 2.38. The van der Waals surface area contributed by atoms with E-state index in [2.05, 4.69) is 15.3 Å². The molecule has 0 fully saturated rings. The Morgan fingerprint density at radius 3 is 2.67 bits per heavy atom. The largest absolute Gasteiger partial charge is 0.497 e. The second-order valence-electron chi connectivity index (χ2n) is 3.53. The molecule has 0 atom stereocenters. The van der Waals surface area contributed by atoms with Crippen LogP contribution in [-0.2, 0) is 0 Å². The van der Waals surface area contributed by atoms with Gasteiger partial charge in [-0.25, -0.2) is 9.97 Å². The Hall–Kier alpha value is -2.21. The van der Waals surface area contributed by atoms with Gasteiger partial charge in [0, 0.05) is 11.6 Å². The molecule has 0 aliphatic rings. The Kier molecular flexibility index (Phi) is 3.69. The minimum atomic E-state index is 0.317. The van der Waals surface area contributed by atoms with Crippen LogP contribution in [0.3, 0.4) is 0 Å². The maximum absolute atomic E-state index is 5.68. The predicted octanol–water partition coefficient (Wildman–Crippen LogP) is 1.86. The summed E-state index contributed by atoms with van der Waals surface area (Å²) in [5.41, 5.74) is 7.94. The van der Waals surface area contributed by atoms with Crippen LogP contribution in [0.2, 0.25) is 0 Å². The lowest BCUT2D eigenvalue weighted by Crippen LogP contribution is -2.12. The number of benzene rings is 1. The SMILES string of the molecule is COc1ccc(C(N)=S)c(Nc2cncnc2)c1. The number of anilines is 2. The number of nitrogens with one attached hydrogen (secondary N) is 1. The van der Waals surface area contributed by atoms with Crippen molar-refractivity contribution in [2.75, 3.05) is 12.4 Å². The zero-order chi connectivity index (χ0) is 13.0. The predicted molar refractivity (Wildman–Crippen MR) is 74.2 cm³/mol. The van der Waals surface area contributed by atoms with Crippen LogP contribution in [0.5, 0.6) is 5.75 Å². The van der Waals surface area contributed by atoms with E-state index in [1.165, 1.54) is 6.33 Å². The van der Waals surface area contributed by atoms with Crippen LogP contribution in [0.25, 0.3) is 0 Å². The van der Waals surface area contributed by atoms with E-state index < -0.39 is 0 Å². The average molecular weight is 260 g/mol. The highest BCUT2D eigenvalue weighted by Crippen LogP contribution is 2.25. The van der Waals surface area contributed by atoms with Gasteiger partial charge in [-0.3, -0.25) is 0 Å². The highest BCUT2D eigenvalue weighted by Gasteiger charge is 2.07. The molecule has 0 saturated carbocycles. The molecule has 0 aliphatic carbocycles. The average Bonchev–Trinajstić information content (AvgIpc) is 2.39. The van der Waals surface area contributed by atoms with E-state index in [0.29, 0.717) is 10.7 Å². The lowest BCUT2D eigenvalue weighted by Gasteiger charge is -2.12. The van der Waals surface area contributed by atoms with Crippen LogP contribution in [0.15, 0.2) is 36.9 Å². The van der Waals surface area contributed by atoms with E-state index in [1.807, 2.05) is 12.1 Å². The van der Waals surface area contributed by atoms with Gasteiger partial charge >= 0.3 is 0 Å². The quantitative estimate of drug-likeness (QED) is 0.817. The minimum absolute atomic E-state index is 0.317. The fourth-order valence-electron chi connectivity index (χ4n) is 1.49. The molecule has 1 aromatic heterocycles. The molecule has 18 heavy (non-hydrogen) atoms. The summed E-state index contributed by atoms with van der Waals surface area (Å²) in [6.45, 7) is 0. The van der Waals surface area contributed by atoms with Gasteiger partial charge in [0.15, 0.2) is 0 Å². The number of hydrogen-bond acceptors (Lipinski definition) is 5. The summed E-state index contributed by atoms with van der Waals surface area (Å²) < 4.78 is 5.17. The number of ether oxygens (including phenoxy) is 1. The van der Waals surface area contributed by atoms with Crippen molar-refractivity contribution in [3.8, 4) is 5.75 Å². The monoisotopic (exact) mass is 260 g/mol. The topological polar surface area (TPSA) is 73.1 Å². The molecule has 0 aliphatic heterocycles. The third-order valence-corrected chi connectivity index (χ3v) is 2.55. The number of aromatic nitrogens is 2. The molecule has 0 spiro atoms. The van der Waals surface area contributed by atoms with Gasteiger partial charge in [0.2, 0.25) is 0 Å². The maximum Gasteiger partial charge on any atom is 0.120 e. The van der Waals surface area contributed by atoms with E-state index in [1.54, 1.807) is 25.6 Å². The van der Waals surface area contributed by atoms with E-state index in [9.17, 15) is 0 Å². The number of thiocarbonyl (C=S) groups is 1. The van der Waals surface area contributed by atoms with Crippen molar-refractivity contribution in [2.24, 2.45) is 5.73 Å².